The van der Waals surface area contributed by atoms with Crippen LogP contribution in [0.4, 0.5) is 0 Å². The average Bonchev–Trinajstić information content (AvgIpc) is 3.14. The third kappa shape index (κ3) is 3.50. The van der Waals surface area contributed by atoms with Gasteiger partial charge in [0.15, 0.2) is 8.32 Å². The predicted octanol–water partition coefficient (Wildman–Crippen LogP) is 7.37. The Morgan fingerprint density at radius 3 is 2.00 bits per heavy atom. The second kappa shape index (κ2) is 7.74. The quantitative estimate of drug-likeness (QED) is 0.342. The monoisotopic (exact) mass is 452 g/mol. The Kier molecular flexibility index (Phi) is 6.33. The van der Waals surface area contributed by atoms with Crippen LogP contribution < -0.4 is 0 Å². The van der Waals surface area contributed by atoms with Gasteiger partial charge in [0, 0.05) is 31.0 Å². The van der Waals surface area contributed by atoms with Crippen molar-refractivity contribution in [3.63, 3.8) is 0 Å². The van der Waals surface area contributed by atoms with Crippen LogP contribution in [0.1, 0.15) is 68.7 Å². The molecule has 2 saturated carbocycles. The number of hydrogen-bond donors (Lipinski definition) is 0. The molecule has 30 heavy (non-hydrogen) atoms. The van der Waals surface area contributed by atoms with Crippen LogP contribution in [-0.4, -0.2) is 36.5 Å². The molecule has 5 heteroatoms. The molecule has 0 N–H and O–H groups in total. The van der Waals surface area contributed by atoms with E-state index in [1.54, 1.807) is 0 Å². The first-order chi connectivity index (χ1) is 13.7. The van der Waals surface area contributed by atoms with Crippen LogP contribution in [0.5, 0.6) is 0 Å². The van der Waals surface area contributed by atoms with E-state index in [0.29, 0.717) is 39.8 Å². The van der Waals surface area contributed by atoms with Gasteiger partial charge in [-0.05, 0) is 53.2 Å². The van der Waals surface area contributed by atoms with E-state index in [1.165, 1.54) is 12.2 Å². The van der Waals surface area contributed by atoms with Gasteiger partial charge in [-0.1, -0.05) is 62.3 Å². The summed E-state index contributed by atoms with van der Waals surface area (Å²) in [5.74, 6) is 2.81. The second-order valence-electron chi connectivity index (χ2n) is 12.8. The van der Waals surface area contributed by atoms with Crippen molar-refractivity contribution in [3.05, 3.63) is 11.8 Å². The maximum atomic E-state index is 7.10. The topological polar surface area (TPSA) is 27.7 Å². The molecule has 0 aromatic heterocycles. The van der Waals surface area contributed by atoms with Crippen molar-refractivity contribution in [1.29, 1.82) is 0 Å². The maximum Gasteiger partial charge on any atom is 0.250 e. The fourth-order valence-electron chi connectivity index (χ4n) is 6.77. The minimum atomic E-state index is -1.84. The highest BCUT2D eigenvalue weighted by Gasteiger charge is 2.75. The molecule has 174 valence electrons. The molecule has 2 fully saturated rings. The second-order valence-corrected chi connectivity index (χ2v) is 23.0. The van der Waals surface area contributed by atoms with Crippen LogP contribution >= 0.6 is 0 Å². The molecule has 0 radical (unpaired) electrons. The van der Waals surface area contributed by atoms with E-state index < -0.39 is 16.6 Å². The molecule has 0 aliphatic heterocycles. The minimum Gasteiger partial charge on any atom is -0.546 e. The van der Waals surface area contributed by atoms with Crippen molar-refractivity contribution in [2.24, 2.45) is 23.2 Å². The molecule has 0 saturated heterocycles. The predicted molar refractivity (Wildman–Crippen MR) is 132 cm³/mol. The Labute approximate surface area is 188 Å². The van der Waals surface area contributed by atoms with Gasteiger partial charge < -0.3 is 13.6 Å². The van der Waals surface area contributed by atoms with Gasteiger partial charge in [-0.15, -0.1) is 0 Å². The van der Waals surface area contributed by atoms with Gasteiger partial charge in [-0.25, -0.2) is 0 Å². The summed E-state index contributed by atoms with van der Waals surface area (Å²) < 4.78 is 20.0. The minimum absolute atomic E-state index is 0.221. The molecule has 3 nitrogen and oxygen atoms in total. The van der Waals surface area contributed by atoms with Gasteiger partial charge in [0.25, 0.3) is 0 Å². The number of hydrogen-bond acceptors (Lipinski definition) is 3. The molecule has 0 amide bonds. The van der Waals surface area contributed by atoms with Crippen LogP contribution in [0, 0.1) is 23.2 Å². The summed E-state index contributed by atoms with van der Waals surface area (Å²) in [5, 5.41) is 0.221. The average molecular weight is 453 g/mol. The van der Waals surface area contributed by atoms with Crippen LogP contribution in [-0.2, 0) is 13.6 Å². The number of methoxy groups -OCH3 is 1. The van der Waals surface area contributed by atoms with Gasteiger partial charge in [0.1, 0.15) is 0 Å². The Hall–Kier alpha value is -0.106. The number of fused-ring (bicyclic) bond motifs is 5. The first kappa shape index (κ1) is 24.5. The highest BCUT2D eigenvalue weighted by atomic mass is 28.4. The number of rotatable bonds is 9. The Morgan fingerprint density at radius 1 is 1.03 bits per heavy atom. The fraction of sp³-hybridized carbons (Fsp3) is 0.920. The van der Waals surface area contributed by atoms with Crippen molar-refractivity contribution in [2.75, 3.05) is 13.7 Å². The normalized spacial score (nSPS) is 33.5. The molecule has 3 aliphatic carbocycles. The Morgan fingerprint density at radius 2 is 1.57 bits per heavy atom. The van der Waals surface area contributed by atoms with Gasteiger partial charge >= 0.3 is 0 Å². The van der Waals surface area contributed by atoms with Crippen molar-refractivity contribution in [3.8, 4) is 0 Å². The van der Waals surface area contributed by atoms with Crippen LogP contribution in [0.25, 0.3) is 0 Å². The van der Waals surface area contributed by atoms with Gasteiger partial charge in [-0.3, -0.25) is 0 Å². The summed E-state index contributed by atoms with van der Waals surface area (Å²) in [5.41, 5.74) is 2.20. The zero-order chi connectivity index (χ0) is 22.9. The third-order valence-electron chi connectivity index (χ3n) is 9.41. The highest BCUT2D eigenvalue weighted by molar-refractivity contribution is 6.77. The van der Waals surface area contributed by atoms with Crippen molar-refractivity contribution in [1.82, 2.24) is 0 Å². The van der Waals surface area contributed by atoms with Gasteiger partial charge in [0.05, 0.1) is 11.9 Å². The summed E-state index contributed by atoms with van der Waals surface area (Å²) in [6.45, 7) is 26.9. The molecular weight excluding hydrogens is 404 g/mol. The van der Waals surface area contributed by atoms with Crippen LogP contribution in [0.15, 0.2) is 11.8 Å². The van der Waals surface area contributed by atoms with Crippen LogP contribution in [0.3, 0.4) is 0 Å². The van der Waals surface area contributed by atoms with Crippen molar-refractivity contribution < 1.29 is 13.6 Å². The van der Waals surface area contributed by atoms with E-state index in [0.717, 1.165) is 6.61 Å². The summed E-state index contributed by atoms with van der Waals surface area (Å²) in [4.78, 5) is 0. The highest BCUT2D eigenvalue weighted by Crippen LogP contribution is 2.75. The van der Waals surface area contributed by atoms with Gasteiger partial charge in [-0.2, -0.15) is 0 Å². The van der Waals surface area contributed by atoms with E-state index in [2.05, 4.69) is 81.5 Å². The molecular formula is C25H48O3Si2. The molecule has 3 aliphatic rings. The van der Waals surface area contributed by atoms with E-state index >= 15 is 0 Å². The summed E-state index contributed by atoms with van der Waals surface area (Å²) in [6, 6.07) is 0. The summed E-state index contributed by atoms with van der Waals surface area (Å²) in [7, 11) is -1.78. The first-order valence-electron chi connectivity index (χ1n) is 12.2. The molecule has 0 heterocycles. The Bertz CT molecular complexity index is 655. The first-order valence-corrected chi connectivity index (χ1v) is 17.3. The van der Waals surface area contributed by atoms with Gasteiger partial charge in [0.2, 0.25) is 8.32 Å². The molecule has 0 aromatic rings. The summed E-state index contributed by atoms with van der Waals surface area (Å²) in [6.07, 6.45) is 4.01. The lowest BCUT2D eigenvalue weighted by atomic mass is 9.90. The zero-order valence-corrected chi connectivity index (χ0v) is 23.8. The SMILES string of the molecule is COC1C2C(O[Si](C)(C)C(C)(C)C)=C[C@H]1[C@]1(CO[Si](C(C)C)(C(C)C)C(C)C)CC21. The van der Waals surface area contributed by atoms with E-state index in [9.17, 15) is 0 Å². The van der Waals surface area contributed by atoms with Crippen molar-refractivity contribution in [2.45, 2.75) is 110 Å². The molecule has 5 atom stereocenters. The molecule has 0 aromatic carbocycles. The largest absolute Gasteiger partial charge is 0.546 e. The lowest BCUT2D eigenvalue weighted by molar-refractivity contribution is 0.0368. The Balaban J connectivity index is 1.81. The van der Waals surface area contributed by atoms with E-state index in [1.807, 2.05) is 7.11 Å². The van der Waals surface area contributed by atoms with Crippen molar-refractivity contribution >= 4 is 16.6 Å². The van der Waals surface area contributed by atoms with E-state index in [-0.39, 0.29) is 11.1 Å². The maximum absolute atomic E-state index is 7.10. The van der Waals surface area contributed by atoms with Crippen LogP contribution in [0.2, 0.25) is 34.8 Å². The lowest BCUT2D eigenvalue weighted by Gasteiger charge is -2.43. The zero-order valence-electron chi connectivity index (χ0n) is 21.8. The number of ether oxygens (including phenoxy) is 1. The third-order valence-corrected chi connectivity index (χ3v) is 19.8. The standard InChI is InChI=1S/C25H48O3Si2/c1-16(2)30(17(3)4,18(5)6)27-15-25-14-20(25)22-21(13-19(25)23(22)26-10)28-29(11,12)24(7,8)9/h13,16-20,22-23H,14-15H2,1-12H3/t19-,20?,22?,23?,25-/m1/s1. The molecule has 2 bridgehead atoms. The lowest BCUT2D eigenvalue weighted by Crippen LogP contribution is -2.49. The smallest absolute Gasteiger partial charge is 0.250 e. The molecule has 3 unspecified atom stereocenters. The van der Waals surface area contributed by atoms with E-state index in [4.69, 9.17) is 13.6 Å². The molecule has 0 spiro atoms. The fourth-order valence-corrected chi connectivity index (χ4v) is 13.4. The summed E-state index contributed by atoms with van der Waals surface area (Å²) >= 11 is 0. The molecule has 3 rings (SSSR count).